The van der Waals surface area contributed by atoms with E-state index < -0.39 is 58.5 Å². The van der Waals surface area contributed by atoms with Crippen LogP contribution in [-0.2, 0) is 5.67 Å². The number of carbonyl (C=O) groups is 2. The molecular weight excluding hydrogens is 611 g/mol. The molecule has 0 aliphatic heterocycles. The summed E-state index contributed by atoms with van der Waals surface area (Å²) in [5.74, 6) is -3.60. The molecule has 0 fully saturated rings. The highest BCUT2D eigenvalue weighted by atomic mass is 35.5. The number of ether oxygens (including phenoxy) is 2. The molecule has 3 aromatic carbocycles. The fraction of sp³-hybridized carbons (Fsp3) is 0.231. The van der Waals surface area contributed by atoms with Gasteiger partial charge in [0.15, 0.2) is 11.5 Å². The SMILES string of the molecule is COc1c(NC(=O)c2ccccc2C)cccc1C(=O)Nc1c(Cl)cc(C(F)(C(F)(F)F)C(F)(F)F)cc1OC(F)F. The lowest BCUT2D eigenvalue weighted by atomic mass is 9.93. The Morgan fingerprint density at radius 3 is 1.95 bits per heavy atom. The number of nitrogens with one attached hydrogen (secondary N) is 2. The van der Waals surface area contributed by atoms with E-state index in [0.29, 0.717) is 5.56 Å². The lowest BCUT2D eigenvalue weighted by Gasteiger charge is -2.31. The van der Waals surface area contributed by atoms with E-state index in [4.69, 9.17) is 16.3 Å². The maximum Gasteiger partial charge on any atom is 0.435 e. The van der Waals surface area contributed by atoms with Crippen molar-refractivity contribution in [3.05, 3.63) is 81.9 Å². The second kappa shape index (κ2) is 12.0. The Kier molecular flexibility index (Phi) is 9.25. The van der Waals surface area contributed by atoms with Gasteiger partial charge >= 0.3 is 24.6 Å². The number of methoxy groups -OCH3 is 1. The van der Waals surface area contributed by atoms with Crippen LogP contribution < -0.4 is 20.1 Å². The molecule has 0 aliphatic rings. The molecule has 2 N–H and O–H groups in total. The smallest absolute Gasteiger partial charge is 0.435 e. The summed E-state index contributed by atoms with van der Waals surface area (Å²) in [6, 6.07) is 9.80. The van der Waals surface area contributed by atoms with Gasteiger partial charge in [-0.3, -0.25) is 9.59 Å². The molecule has 3 rings (SSSR count). The van der Waals surface area contributed by atoms with Crippen LogP contribution in [0, 0.1) is 6.92 Å². The summed E-state index contributed by atoms with van der Waals surface area (Å²) in [7, 11) is 1.11. The number of alkyl halides is 9. The van der Waals surface area contributed by atoms with Gasteiger partial charge in [0.2, 0.25) is 0 Å². The van der Waals surface area contributed by atoms with Gasteiger partial charge in [0.25, 0.3) is 11.8 Å². The third-order valence-electron chi connectivity index (χ3n) is 5.79. The summed E-state index contributed by atoms with van der Waals surface area (Å²) in [6.07, 6.45) is -13.2. The summed E-state index contributed by atoms with van der Waals surface area (Å²) in [4.78, 5) is 25.9. The minimum absolute atomic E-state index is 0.0403. The van der Waals surface area contributed by atoms with Crippen molar-refractivity contribution in [2.75, 3.05) is 17.7 Å². The Hall–Kier alpha value is -4.14. The number of anilines is 2. The zero-order valence-electron chi connectivity index (χ0n) is 21.2. The number of aryl methyl sites for hydroxylation is 1. The molecule has 0 unspecified atom stereocenters. The van der Waals surface area contributed by atoms with Crippen LogP contribution in [-0.4, -0.2) is 37.9 Å². The Morgan fingerprint density at radius 1 is 0.833 bits per heavy atom. The zero-order valence-corrected chi connectivity index (χ0v) is 21.9. The molecular formula is C26H18ClF9N2O4. The molecule has 42 heavy (non-hydrogen) atoms. The Morgan fingerprint density at radius 2 is 1.40 bits per heavy atom. The fourth-order valence-electron chi connectivity index (χ4n) is 3.81. The van der Waals surface area contributed by atoms with Crippen LogP contribution in [0.2, 0.25) is 5.02 Å². The van der Waals surface area contributed by atoms with Gasteiger partial charge in [0.1, 0.15) is 5.69 Å². The highest BCUT2D eigenvalue weighted by Crippen LogP contribution is 2.55. The van der Waals surface area contributed by atoms with Gasteiger partial charge in [0.05, 0.1) is 23.4 Å². The topological polar surface area (TPSA) is 76.7 Å². The molecule has 0 bridgehead atoms. The van der Waals surface area contributed by atoms with Crippen LogP contribution in [0.1, 0.15) is 31.8 Å². The van der Waals surface area contributed by atoms with Crippen LogP contribution in [0.4, 0.5) is 50.9 Å². The van der Waals surface area contributed by atoms with Crippen molar-refractivity contribution < 1.29 is 58.6 Å². The average Bonchev–Trinajstić information content (AvgIpc) is 2.88. The van der Waals surface area contributed by atoms with Gasteiger partial charge in [-0.25, -0.2) is 4.39 Å². The summed E-state index contributed by atoms with van der Waals surface area (Å²) < 4.78 is 129. The van der Waals surface area contributed by atoms with Crippen molar-refractivity contribution in [2.24, 2.45) is 0 Å². The molecule has 16 heteroatoms. The first kappa shape index (κ1) is 32.4. The molecule has 0 aliphatic carbocycles. The van der Waals surface area contributed by atoms with Gasteiger partial charge in [0, 0.05) is 11.1 Å². The molecule has 226 valence electrons. The van der Waals surface area contributed by atoms with E-state index in [0.717, 1.165) is 13.2 Å². The molecule has 6 nitrogen and oxygen atoms in total. The quantitative estimate of drug-likeness (QED) is 0.248. The zero-order chi connectivity index (χ0) is 31.6. The number of halogens is 10. The summed E-state index contributed by atoms with van der Waals surface area (Å²) in [5, 5.41) is 3.28. The molecule has 0 spiro atoms. The van der Waals surface area contributed by atoms with E-state index in [-0.39, 0.29) is 34.7 Å². The van der Waals surface area contributed by atoms with Gasteiger partial charge < -0.3 is 20.1 Å². The number of hydrogen-bond acceptors (Lipinski definition) is 4. The monoisotopic (exact) mass is 628 g/mol. The van der Waals surface area contributed by atoms with Crippen molar-refractivity contribution in [3.63, 3.8) is 0 Å². The van der Waals surface area contributed by atoms with Crippen molar-refractivity contribution in [2.45, 2.75) is 31.6 Å². The summed E-state index contributed by atoms with van der Waals surface area (Å²) in [5.41, 5.74) is -8.79. The lowest BCUT2D eigenvalue weighted by Crippen LogP contribution is -2.50. The van der Waals surface area contributed by atoms with Gasteiger partial charge in [-0.2, -0.15) is 35.1 Å². The third kappa shape index (κ3) is 6.35. The van der Waals surface area contributed by atoms with E-state index >= 15 is 0 Å². The first-order valence-electron chi connectivity index (χ1n) is 11.4. The van der Waals surface area contributed by atoms with Gasteiger partial charge in [-0.05, 0) is 42.8 Å². The van der Waals surface area contributed by atoms with E-state index in [2.05, 4.69) is 10.1 Å². The van der Waals surface area contributed by atoms with Crippen LogP contribution in [0.3, 0.4) is 0 Å². The van der Waals surface area contributed by atoms with Crippen LogP contribution in [0.15, 0.2) is 54.6 Å². The first-order chi connectivity index (χ1) is 19.4. The van der Waals surface area contributed by atoms with Crippen molar-refractivity contribution >= 4 is 34.8 Å². The lowest BCUT2D eigenvalue weighted by molar-refractivity contribution is -0.348. The fourth-order valence-corrected chi connectivity index (χ4v) is 4.07. The van der Waals surface area contributed by atoms with E-state index in [1.165, 1.54) is 18.2 Å². The maximum atomic E-state index is 14.6. The van der Waals surface area contributed by atoms with Gasteiger partial charge in [-0.1, -0.05) is 35.9 Å². The highest BCUT2D eigenvalue weighted by molar-refractivity contribution is 6.34. The number of para-hydroxylation sites is 1. The van der Waals surface area contributed by atoms with Crippen LogP contribution in [0.25, 0.3) is 0 Å². The first-order valence-corrected chi connectivity index (χ1v) is 11.8. The van der Waals surface area contributed by atoms with Crippen molar-refractivity contribution in [3.8, 4) is 11.5 Å². The number of carbonyl (C=O) groups excluding carboxylic acids is 2. The second-order valence-corrected chi connectivity index (χ2v) is 8.88. The molecule has 2 amide bonds. The second-order valence-electron chi connectivity index (χ2n) is 8.47. The Bertz CT molecular complexity index is 1480. The molecule has 0 radical (unpaired) electrons. The molecule has 0 aromatic heterocycles. The molecule has 0 saturated carbocycles. The summed E-state index contributed by atoms with van der Waals surface area (Å²) in [6.45, 7) is -2.17. The Labute approximate surface area is 236 Å². The van der Waals surface area contributed by atoms with E-state index in [1.807, 2.05) is 5.32 Å². The number of rotatable bonds is 8. The molecule has 0 heterocycles. The number of benzene rings is 3. The number of amides is 2. The normalized spacial score (nSPS) is 12.2. The van der Waals surface area contributed by atoms with E-state index in [9.17, 15) is 49.1 Å². The number of hydrogen-bond donors (Lipinski definition) is 2. The minimum Gasteiger partial charge on any atom is -0.494 e. The predicted molar refractivity (Wildman–Crippen MR) is 133 cm³/mol. The van der Waals surface area contributed by atoms with Gasteiger partial charge in [-0.15, -0.1) is 0 Å². The van der Waals surface area contributed by atoms with Crippen LogP contribution in [0.5, 0.6) is 11.5 Å². The third-order valence-corrected chi connectivity index (χ3v) is 6.09. The predicted octanol–water partition coefficient (Wildman–Crippen LogP) is 8.05. The largest absolute Gasteiger partial charge is 0.494 e. The Balaban J connectivity index is 2.06. The van der Waals surface area contributed by atoms with E-state index in [1.54, 1.807) is 25.1 Å². The van der Waals surface area contributed by atoms with Crippen LogP contribution >= 0.6 is 11.6 Å². The van der Waals surface area contributed by atoms with Crippen molar-refractivity contribution in [1.29, 1.82) is 0 Å². The van der Waals surface area contributed by atoms with Crippen molar-refractivity contribution in [1.82, 2.24) is 0 Å². The maximum absolute atomic E-state index is 14.6. The molecule has 3 aromatic rings. The molecule has 0 atom stereocenters. The highest BCUT2D eigenvalue weighted by Gasteiger charge is 2.73. The average molecular weight is 629 g/mol. The standard InChI is InChI=1S/C26H18ClF9N2O4/c1-12-6-3-4-7-14(12)21(39)37-17-9-5-8-15(20(17)41-2)22(40)38-19-16(27)10-13(11-18(19)42-23(28)29)24(30,25(31,32)33)26(34,35)36/h3-11,23H,1-2H3,(H,37,39)(H,38,40). The molecule has 0 saturated heterocycles. The minimum atomic E-state index is -6.59. The summed E-state index contributed by atoms with van der Waals surface area (Å²) >= 11 is 5.78.